The predicted molar refractivity (Wildman–Crippen MR) is 105 cm³/mol. The smallest absolute Gasteiger partial charge is 0.368 e. The summed E-state index contributed by atoms with van der Waals surface area (Å²) < 4.78 is 38.6. The standard InChI is InChI=1S/C18H24F3N3O.2ClH/c19-18(20,21)14-4-2-6-16(12-14)23-7-9-24(10-8-23)17(25)13-3-1-5-15(22)11-13;;/h2,4,6,12-13,15H,1,3,5,7-11,22H2;2*1H. The molecule has 9 heteroatoms. The number of hydrogen-bond acceptors (Lipinski definition) is 3. The Balaban J connectivity index is 0.00000182. The molecule has 0 aromatic heterocycles. The Morgan fingerprint density at radius 1 is 1.07 bits per heavy atom. The Kier molecular flexibility index (Phi) is 8.70. The number of piperazine rings is 1. The van der Waals surface area contributed by atoms with Crippen molar-refractivity contribution in [2.75, 3.05) is 31.1 Å². The van der Waals surface area contributed by atoms with E-state index in [1.54, 1.807) is 6.07 Å². The van der Waals surface area contributed by atoms with Crippen molar-refractivity contribution in [2.45, 2.75) is 37.9 Å². The van der Waals surface area contributed by atoms with E-state index in [-0.39, 0.29) is 42.7 Å². The molecule has 2 atom stereocenters. The minimum atomic E-state index is -4.34. The topological polar surface area (TPSA) is 49.6 Å². The van der Waals surface area contributed by atoms with E-state index in [1.807, 2.05) is 9.80 Å². The fourth-order valence-corrected chi connectivity index (χ4v) is 3.77. The maximum absolute atomic E-state index is 12.9. The number of benzene rings is 1. The normalized spacial score (nSPS) is 23.3. The Bertz CT molecular complexity index is 622. The summed E-state index contributed by atoms with van der Waals surface area (Å²) in [7, 11) is 0. The summed E-state index contributed by atoms with van der Waals surface area (Å²) in [6.45, 7) is 2.18. The van der Waals surface area contributed by atoms with E-state index < -0.39 is 11.7 Å². The molecule has 1 aliphatic heterocycles. The minimum absolute atomic E-state index is 0. The van der Waals surface area contributed by atoms with Crippen LogP contribution in [0.1, 0.15) is 31.2 Å². The maximum Gasteiger partial charge on any atom is 0.416 e. The van der Waals surface area contributed by atoms with Crippen molar-refractivity contribution < 1.29 is 18.0 Å². The predicted octanol–water partition coefficient (Wildman–Crippen LogP) is 3.72. The van der Waals surface area contributed by atoms with Crippen molar-refractivity contribution in [3.05, 3.63) is 29.8 Å². The average molecular weight is 428 g/mol. The van der Waals surface area contributed by atoms with Crippen LogP contribution in [0.15, 0.2) is 24.3 Å². The monoisotopic (exact) mass is 427 g/mol. The molecule has 1 aromatic rings. The highest BCUT2D eigenvalue weighted by molar-refractivity contribution is 5.85. The van der Waals surface area contributed by atoms with Crippen LogP contribution in [0.5, 0.6) is 0 Å². The molecule has 1 amide bonds. The third-order valence-corrected chi connectivity index (χ3v) is 5.19. The van der Waals surface area contributed by atoms with Gasteiger partial charge in [0.2, 0.25) is 5.91 Å². The van der Waals surface area contributed by atoms with E-state index >= 15 is 0 Å². The highest BCUT2D eigenvalue weighted by Crippen LogP contribution is 2.32. The highest BCUT2D eigenvalue weighted by Gasteiger charge is 2.32. The van der Waals surface area contributed by atoms with Crippen LogP contribution in [0.25, 0.3) is 0 Å². The summed E-state index contributed by atoms with van der Waals surface area (Å²) in [6, 6.07) is 5.48. The van der Waals surface area contributed by atoms with Gasteiger partial charge in [-0.1, -0.05) is 12.5 Å². The van der Waals surface area contributed by atoms with Crippen molar-refractivity contribution in [1.29, 1.82) is 0 Å². The van der Waals surface area contributed by atoms with Crippen LogP contribution in [-0.2, 0) is 11.0 Å². The molecule has 1 aliphatic carbocycles. The van der Waals surface area contributed by atoms with Gasteiger partial charge in [0.25, 0.3) is 0 Å². The van der Waals surface area contributed by atoms with Crippen molar-refractivity contribution in [1.82, 2.24) is 4.90 Å². The van der Waals surface area contributed by atoms with Crippen molar-refractivity contribution in [3.8, 4) is 0 Å². The van der Waals surface area contributed by atoms with Gasteiger partial charge < -0.3 is 15.5 Å². The van der Waals surface area contributed by atoms with Gasteiger partial charge >= 0.3 is 6.18 Å². The Morgan fingerprint density at radius 3 is 2.33 bits per heavy atom. The third-order valence-electron chi connectivity index (χ3n) is 5.19. The summed E-state index contributed by atoms with van der Waals surface area (Å²) >= 11 is 0. The van der Waals surface area contributed by atoms with Crippen LogP contribution < -0.4 is 10.6 Å². The first kappa shape index (κ1) is 23.9. The summed E-state index contributed by atoms with van der Waals surface area (Å²) in [5.41, 5.74) is 5.89. The molecule has 0 radical (unpaired) electrons. The molecule has 1 aromatic carbocycles. The summed E-state index contributed by atoms with van der Waals surface area (Å²) in [6.07, 6.45) is -0.741. The second kappa shape index (κ2) is 9.85. The summed E-state index contributed by atoms with van der Waals surface area (Å²) in [5.74, 6) is 0.155. The molecule has 1 heterocycles. The maximum atomic E-state index is 12.9. The molecular formula is C18H26Cl2F3N3O. The molecule has 2 fully saturated rings. The van der Waals surface area contributed by atoms with Crippen LogP contribution >= 0.6 is 24.8 Å². The van der Waals surface area contributed by atoms with Gasteiger partial charge in [-0.15, -0.1) is 24.8 Å². The van der Waals surface area contributed by atoms with E-state index in [0.717, 1.165) is 31.7 Å². The number of amides is 1. The molecule has 0 bridgehead atoms. The molecule has 0 spiro atoms. The molecular weight excluding hydrogens is 402 g/mol. The van der Waals surface area contributed by atoms with Crippen LogP contribution in [0.3, 0.4) is 0 Å². The fraction of sp³-hybridized carbons (Fsp3) is 0.611. The lowest BCUT2D eigenvalue weighted by molar-refractivity contribution is -0.137. The first-order valence-electron chi connectivity index (χ1n) is 8.81. The lowest BCUT2D eigenvalue weighted by Gasteiger charge is -2.38. The van der Waals surface area contributed by atoms with Gasteiger partial charge in [0.05, 0.1) is 5.56 Å². The lowest BCUT2D eigenvalue weighted by atomic mass is 9.85. The molecule has 2 aliphatic rings. The highest BCUT2D eigenvalue weighted by atomic mass is 35.5. The van der Waals surface area contributed by atoms with Gasteiger partial charge in [0, 0.05) is 43.8 Å². The summed E-state index contributed by atoms with van der Waals surface area (Å²) in [5, 5.41) is 0. The first-order chi connectivity index (χ1) is 11.8. The lowest BCUT2D eigenvalue weighted by Crippen LogP contribution is -2.51. The number of nitrogens with zero attached hydrogens (tertiary/aromatic N) is 2. The Hall–Kier alpha value is -1.18. The van der Waals surface area contributed by atoms with E-state index in [4.69, 9.17) is 5.73 Å². The van der Waals surface area contributed by atoms with Gasteiger partial charge in [-0.05, 0) is 37.5 Å². The number of hydrogen-bond donors (Lipinski definition) is 1. The quantitative estimate of drug-likeness (QED) is 0.782. The van der Waals surface area contributed by atoms with Gasteiger partial charge in [-0.25, -0.2) is 0 Å². The molecule has 3 rings (SSSR count). The number of anilines is 1. The number of carbonyl (C=O) groups excluding carboxylic acids is 1. The average Bonchev–Trinajstić information content (AvgIpc) is 2.61. The van der Waals surface area contributed by atoms with Crippen LogP contribution in [-0.4, -0.2) is 43.0 Å². The molecule has 2 N–H and O–H groups in total. The SMILES string of the molecule is Cl.Cl.NC1CCCC(C(=O)N2CCN(c3cccc(C(F)(F)F)c3)CC2)C1. The zero-order valence-electron chi connectivity index (χ0n) is 15.0. The number of alkyl halides is 3. The number of carbonyl (C=O) groups is 1. The number of halogens is 5. The first-order valence-corrected chi connectivity index (χ1v) is 8.81. The second-order valence-corrected chi connectivity index (χ2v) is 6.98. The van der Waals surface area contributed by atoms with Crippen molar-refractivity contribution in [2.24, 2.45) is 11.7 Å². The van der Waals surface area contributed by atoms with Crippen LogP contribution in [0.4, 0.5) is 18.9 Å². The van der Waals surface area contributed by atoms with E-state index in [1.165, 1.54) is 12.1 Å². The van der Waals surface area contributed by atoms with Gasteiger partial charge in [-0.3, -0.25) is 4.79 Å². The van der Waals surface area contributed by atoms with E-state index in [9.17, 15) is 18.0 Å². The molecule has 154 valence electrons. The van der Waals surface area contributed by atoms with Gasteiger partial charge in [-0.2, -0.15) is 13.2 Å². The minimum Gasteiger partial charge on any atom is -0.368 e. The zero-order valence-corrected chi connectivity index (χ0v) is 16.6. The molecule has 1 saturated carbocycles. The fourth-order valence-electron chi connectivity index (χ4n) is 3.77. The number of rotatable bonds is 2. The van der Waals surface area contributed by atoms with E-state index in [2.05, 4.69) is 0 Å². The molecule has 4 nitrogen and oxygen atoms in total. The Labute approximate surface area is 170 Å². The van der Waals surface area contributed by atoms with Crippen molar-refractivity contribution in [3.63, 3.8) is 0 Å². The van der Waals surface area contributed by atoms with E-state index in [0.29, 0.717) is 31.9 Å². The largest absolute Gasteiger partial charge is 0.416 e. The number of nitrogens with two attached hydrogens (primary N) is 1. The second-order valence-electron chi connectivity index (χ2n) is 6.98. The molecule has 27 heavy (non-hydrogen) atoms. The van der Waals surface area contributed by atoms with Gasteiger partial charge in [0.1, 0.15) is 0 Å². The van der Waals surface area contributed by atoms with Gasteiger partial charge in [0.15, 0.2) is 0 Å². The summed E-state index contributed by atoms with van der Waals surface area (Å²) in [4.78, 5) is 16.4. The van der Waals surface area contributed by atoms with Crippen LogP contribution in [0.2, 0.25) is 0 Å². The van der Waals surface area contributed by atoms with Crippen LogP contribution in [0, 0.1) is 5.92 Å². The third kappa shape index (κ3) is 5.90. The molecule has 1 saturated heterocycles. The zero-order chi connectivity index (χ0) is 18.0. The van der Waals surface area contributed by atoms with Crippen molar-refractivity contribution >= 4 is 36.4 Å². The Morgan fingerprint density at radius 2 is 1.74 bits per heavy atom. The molecule has 2 unspecified atom stereocenters.